The van der Waals surface area contributed by atoms with Crippen LogP contribution in [-0.4, -0.2) is 48.7 Å². The Labute approximate surface area is 82.6 Å². The average molecular weight is 199 g/mol. The molecule has 0 radical (unpaired) electrons. The maximum Gasteiger partial charge on any atom is 0.323 e. The quantitative estimate of drug-likeness (QED) is 0.589. The van der Waals surface area contributed by atoms with E-state index in [1.165, 1.54) is 7.11 Å². The van der Waals surface area contributed by atoms with Gasteiger partial charge in [0.15, 0.2) is 0 Å². The molecule has 0 aliphatic heterocycles. The van der Waals surface area contributed by atoms with Gasteiger partial charge in [-0.2, -0.15) is 0 Å². The molecule has 0 rings (SSSR count). The van der Waals surface area contributed by atoms with Crippen molar-refractivity contribution >= 4 is 11.9 Å². The minimum Gasteiger partial charge on any atom is -0.480 e. The molecule has 5 heteroatoms. The van der Waals surface area contributed by atoms with Crippen LogP contribution in [0.2, 0.25) is 0 Å². The van der Waals surface area contributed by atoms with E-state index in [1.807, 2.05) is 0 Å². The van der Waals surface area contributed by atoms with E-state index >= 15 is 0 Å². The highest BCUT2D eigenvalue weighted by molar-refractivity contribution is 5.82. The predicted octanol–water partition coefficient (Wildman–Crippen LogP) is -0.431. The molecule has 5 nitrogen and oxygen atoms in total. The summed E-state index contributed by atoms with van der Waals surface area (Å²) in [5, 5.41) is 8.51. The molecular formula is C9H13NO4. The van der Waals surface area contributed by atoms with Crippen molar-refractivity contribution in [2.45, 2.75) is 6.42 Å². The predicted molar refractivity (Wildman–Crippen MR) is 49.5 cm³/mol. The molecule has 0 spiro atoms. The van der Waals surface area contributed by atoms with Crippen LogP contribution in [0.3, 0.4) is 0 Å². The zero-order valence-corrected chi connectivity index (χ0v) is 8.02. The van der Waals surface area contributed by atoms with Crippen molar-refractivity contribution in [1.29, 1.82) is 0 Å². The topological polar surface area (TPSA) is 66.8 Å². The Balaban J connectivity index is 4.16. The summed E-state index contributed by atoms with van der Waals surface area (Å²) in [7, 11) is 1.48. The van der Waals surface area contributed by atoms with E-state index in [0.717, 1.165) is 4.90 Å². The van der Waals surface area contributed by atoms with E-state index in [0.29, 0.717) is 6.61 Å². The third-order valence-electron chi connectivity index (χ3n) is 1.50. The molecule has 0 fully saturated rings. The highest BCUT2D eigenvalue weighted by atomic mass is 16.5. The number of hydrogen-bond donors (Lipinski definition) is 1. The van der Waals surface area contributed by atoms with Gasteiger partial charge in [0, 0.05) is 13.7 Å². The molecule has 1 N–H and O–H groups in total. The van der Waals surface area contributed by atoms with Gasteiger partial charge in [-0.3, -0.25) is 9.59 Å². The maximum absolute atomic E-state index is 11.2. The lowest BCUT2D eigenvalue weighted by molar-refractivity contribution is -0.144. The van der Waals surface area contributed by atoms with Gasteiger partial charge < -0.3 is 14.7 Å². The smallest absolute Gasteiger partial charge is 0.323 e. The second kappa shape index (κ2) is 6.92. The zero-order valence-electron chi connectivity index (χ0n) is 8.02. The fourth-order valence-corrected chi connectivity index (χ4v) is 0.856. The van der Waals surface area contributed by atoms with Crippen LogP contribution < -0.4 is 0 Å². The van der Waals surface area contributed by atoms with Crippen LogP contribution in [0.15, 0.2) is 0 Å². The number of methoxy groups -OCH3 is 1. The SMILES string of the molecule is C#CCC(=O)N(CCOC)CC(=O)O. The number of rotatable bonds is 6. The normalized spacial score (nSPS) is 9.14. The van der Waals surface area contributed by atoms with Gasteiger partial charge in [0.25, 0.3) is 0 Å². The molecule has 0 saturated carbocycles. The van der Waals surface area contributed by atoms with Crippen LogP contribution in [0.4, 0.5) is 0 Å². The van der Waals surface area contributed by atoms with Crippen LogP contribution in [0, 0.1) is 12.3 Å². The van der Waals surface area contributed by atoms with Crippen molar-refractivity contribution in [2.24, 2.45) is 0 Å². The summed E-state index contributed by atoms with van der Waals surface area (Å²) in [5.74, 6) is 0.741. The Morgan fingerprint density at radius 2 is 2.21 bits per heavy atom. The number of amides is 1. The maximum atomic E-state index is 11.2. The molecule has 0 aliphatic carbocycles. The lowest BCUT2D eigenvalue weighted by atomic mass is 10.3. The van der Waals surface area contributed by atoms with E-state index in [2.05, 4.69) is 5.92 Å². The molecule has 0 aliphatic rings. The van der Waals surface area contributed by atoms with Gasteiger partial charge in [-0.25, -0.2) is 0 Å². The van der Waals surface area contributed by atoms with Crippen LogP contribution in [0.1, 0.15) is 6.42 Å². The summed E-state index contributed by atoms with van der Waals surface area (Å²) in [6.45, 7) is 0.191. The highest BCUT2D eigenvalue weighted by Crippen LogP contribution is 1.93. The monoisotopic (exact) mass is 199 g/mol. The molecule has 1 amide bonds. The fourth-order valence-electron chi connectivity index (χ4n) is 0.856. The van der Waals surface area contributed by atoms with Gasteiger partial charge in [0.05, 0.1) is 13.0 Å². The van der Waals surface area contributed by atoms with Gasteiger partial charge in [0.1, 0.15) is 6.54 Å². The van der Waals surface area contributed by atoms with E-state index in [-0.39, 0.29) is 25.4 Å². The van der Waals surface area contributed by atoms with Crippen molar-refractivity contribution in [1.82, 2.24) is 4.90 Å². The molecule has 14 heavy (non-hydrogen) atoms. The fraction of sp³-hybridized carbons (Fsp3) is 0.556. The Morgan fingerprint density at radius 3 is 2.64 bits per heavy atom. The standard InChI is InChI=1S/C9H13NO4/c1-3-4-8(11)10(5-6-14-2)7-9(12)13/h1H,4-7H2,2H3,(H,12,13). The summed E-state index contributed by atoms with van der Waals surface area (Å²) in [6.07, 6.45) is 4.86. The van der Waals surface area contributed by atoms with Crippen LogP contribution in [-0.2, 0) is 14.3 Å². The molecule has 78 valence electrons. The molecule has 0 saturated heterocycles. The second-order valence-electron chi connectivity index (χ2n) is 2.58. The van der Waals surface area contributed by atoms with Gasteiger partial charge in [-0.05, 0) is 0 Å². The molecule has 0 aromatic heterocycles. The number of carbonyl (C=O) groups excluding carboxylic acids is 1. The molecule has 0 aromatic carbocycles. The number of terminal acetylenes is 1. The number of ether oxygens (including phenoxy) is 1. The Bertz CT molecular complexity index is 244. The number of carboxylic acids is 1. The van der Waals surface area contributed by atoms with Gasteiger partial charge in [-0.15, -0.1) is 6.42 Å². The lowest BCUT2D eigenvalue weighted by Crippen LogP contribution is -2.37. The summed E-state index contributed by atoms with van der Waals surface area (Å²) in [4.78, 5) is 22.8. The van der Waals surface area contributed by atoms with Gasteiger partial charge >= 0.3 is 5.97 Å². The summed E-state index contributed by atoms with van der Waals surface area (Å²) in [6, 6.07) is 0. The van der Waals surface area contributed by atoms with E-state index in [1.54, 1.807) is 0 Å². The molecule has 0 heterocycles. The Kier molecular flexibility index (Phi) is 6.16. The summed E-state index contributed by atoms with van der Waals surface area (Å²) in [5.41, 5.74) is 0. The zero-order chi connectivity index (χ0) is 11.0. The summed E-state index contributed by atoms with van der Waals surface area (Å²) < 4.78 is 4.74. The Morgan fingerprint density at radius 1 is 1.57 bits per heavy atom. The van der Waals surface area contributed by atoms with Crippen molar-refractivity contribution < 1.29 is 19.4 Å². The number of carboxylic acid groups (broad SMARTS) is 1. The minimum atomic E-state index is -1.06. The largest absolute Gasteiger partial charge is 0.480 e. The molecule has 0 unspecified atom stereocenters. The number of nitrogens with zero attached hydrogens (tertiary/aromatic N) is 1. The number of carbonyl (C=O) groups is 2. The first-order valence-corrected chi connectivity index (χ1v) is 4.03. The van der Waals surface area contributed by atoms with Crippen LogP contribution in [0.25, 0.3) is 0 Å². The first-order valence-electron chi connectivity index (χ1n) is 4.03. The first-order chi connectivity index (χ1) is 6.61. The third kappa shape index (κ3) is 5.17. The van der Waals surface area contributed by atoms with Crippen molar-refractivity contribution in [3.8, 4) is 12.3 Å². The van der Waals surface area contributed by atoms with Gasteiger partial charge in [-0.1, -0.05) is 5.92 Å². The van der Waals surface area contributed by atoms with Gasteiger partial charge in [0.2, 0.25) is 5.91 Å². The van der Waals surface area contributed by atoms with Crippen molar-refractivity contribution in [2.75, 3.05) is 26.8 Å². The van der Waals surface area contributed by atoms with E-state index in [4.69, 9.17) is 16.3 Å². The third-order valence-corrected chi connectivity index (χ3v) is 1.50. The van der Waals surface area contributed by atoms with Crippen LogP contribution in [0.5, 0.6) is 0 Å². The number of aliphatic carboxylic acids is 1. The average Bonchev–Trinajstić information content (AvgIpc) is 2.12. The second-order valence-corrected chi connectivity index (χ2v) is 2.58. The van der Waals surface area contributed by atoms with Crippen LogP contribution >= 0.6 is 0 Å². The molecule has 0 bridgehead atoms. The van der Waals surface area contributed by atoms with E-state index < -0.39 is 5.97 Å². The Hall–Kier alpha value is -1.54. The minimum absolute atomic E-state index is 0.0863. The summed E-state index contributed by atoms with van der Waals surface area (Å²) >= 11 is 0. The van der Waals surface area contributed by atoms with Crippen molar-refractivity contribution in [3.05, 3.63) is 0 Å². The number of hydrogen-bond acceptors (Lipinski definition) is 3. The van der Waals surface area contributed by atoms with E-state index in [9.17, 15) is 9.59 Å². The molecule has 0 atom stereocenters. The molecule has 0 aromatic rings. The lowest BCUT2D eigenvalue weighted by Gasteiger charge is -2.18. The van der Waals surface area contributed by atoms with Crippen molar-refractivity contribution in [3.63, 3.8) is 0 Å². The highest BCUT2D eigenvalue weighted by Gasteiger charge is 2.14. The first kappa shape index (κ1) is 12.5. The molecular weight excluding hydrogens is 186 g/mol.